The Morgan fingerprint density at radius 3 is 2.62 bits per heavy atom. The van der Waals surface area contributed by atoms with Crippen molar-refractivity contribution in [2.24, 2.45) is 0 Å². The van der Waals surface area contributed by atoms with E-state index in [0.29, 0.717) is 17.0 Å². The maximum absolute atomic E-state index is 12.1. The zero-order chi connectivity index (χ0) is 19.1. The number of nitrogens with zero attached hydrogens (tertiary/aromatic N) is 1. The normalized spacial score (nSPS) is 11.2. The second-order valence-corrected chi connectivity index (χ2v) is 5.85. The van der Waals surface area contributed by atoms with Gasteiger partial charge in [-0.05, 0) is 62.2 Å². The molecule has 0 saturated heterocycles. The van der Waals surface area contributed by atoms with Crippen molar-refractivity contribution < 1.29 is 19.1 Å². The summed E-state index contributed by atoms with van der Waals surface area (Å²) in [5, 5.41) is 11.5. The molecule has 2 aromatic rings. The van der Waals surface area contributed by atoms with Gasteiger partial charge in [-0.3, -0.25) is 4.79 Å². The number of rotatable bonds is 6. The number of carbonyl (C=O) groups is 2. The zero-order valence-electron chi connectivity index (χ0n) is 14.9. The lowest BCUT2D eigenvalue weighted by molar-refractivity contribution is -0.155. The van der Waals surface area contributed by atoms with Crippen LogP contribution >= 0.6 is 0 Å². The molecule has 0 heterocycles. The number of carbonyl (C=O) groups excluding carboxylic acids is 2. The first-order chi connectivity index (χ1) is 12.4. The Kier molecular flexibility index (Phi) is 6.34. The van der Waals surface area contributed by atoms with Gasteiger partial charge in [-0.1, -0.05) is 12.1 Å². The van der Waals surface area contributed by atoms with E-state index in [1.165, 1.54) is 13.0 Å². The van der Waals surface area contributed by atoms with Crippen LogP contribution in [-0.4, -0.2) is 24.6 Å². The van der Waals surface area contributed by atoms with E-state index in [2.05, 4.69) is 5.32 Å². The van der Waals surface area contributed by atoms with Gasteiger partial charge in [-0.15, -0.1) is 0 Å². The number of amides is 1. The summed E-state index contributed by atoms with van der Waals surface area (Å²) in [5.41, 5.74) is 3.08. The Hall–Kier alpha value is -3.33. The minimum Gasteiger partial charge on any atom is -0.482 e. The Bertz CT molecular complexity index is 855. The van der Waals surface area contributed by atoms with Crippen molar-refractivity contribution in [3.05, 3.63) is 59.2 Å². The van der Waals surface area contributed by atoms with Gasteiger partial charge in [0, 0.05) is 5.69 Å². The summed E-state index contributed by atoms with van der Waals surface area (Å²) in [7, 11) is 0. The lowest BCUT2D eigenvalue weighted by Crippen LogP contribution is -2.31. The van der Waals surface area contributed by atoms with Gasteiger partial charge in [-0.2, -0.15) is 5.26 Å². The Labute approximate surface area is 152 Å². The molecular weight excluding hydrogens is 332 g/mol. The quantitative estimate of drug-likeness (QED) is 0.807. The molecule has 0 aromatic heterocycles. The van der Waals surface area contributed by atoms with E-state index in [-0.39, 0.29) is 6.61 Å². The van der Waals surface area contributed by atoms with Crippen LogP contribution < -0.4 is 10.1 Å². The standard InChI is InChI=1S/C20H20N2O4/c1-13-7-8-18(9-14(13)2)25-12-19(23)26-15(3)20(24)22-17-6-4-5-16(10-17)11-21/h4-10,15H,12H2,1-3H3,(H,22,24)/t15-/m0/s1. The molecule has 1 atom stereocenters. The van der Waals surface area contributed by atoms with Crippen LogP contribution in [0.4, 0.5) is 5.69 Å². The van der Waals surface area contributed by atoms with E-state index in [4.69, 9.17) is 14.7 Å². The minimum absolute atomic E-state index is 0.288. The van der Waals surface area contributed by atoms with E-state index in [9.17, 15) is 9.59 Å². The van der Waals surface area contributed by atoms with E-state index in [0.717, 1.165) is 11.1 Å². The molecule has 134 valence electrons. The number of anilines is 1. The fourth-order valence-corrected chi connectivity index (χ4v) is 2.14. The largest absolute Gasteiger partial charge is 0.482 e. The first kappa shape index (κ1) is 19.0. The van der Waals surface area contributed by atoms with Gasteiger partial charge >= 0.3 is 5.97 Å². The van der Waals surface area contributed by atoms with E-state index >= 15 is 0 Å². The third-order valence-corrected chi connectivity index (χ3v) is 3.77. The molecule has 0 radical (unpaired) electrons. The van der Waals surface area contributed by atoms with Crippen LogP contribution in [0.25, 0.3) is 0 Å². The molecule has 0 fully saturated rings. The molecule has 0 saturated carbocycles. The van der Waals surface area contributed by atoms with Crippen molar-refractivity contribution in [3.8, 4) is 11.8 Å². The van der Waals surface area contributed by atoms with Gasteiger partial charge < -0.3 is 14.8 Å². The summed E-state index contributed by atoms with van der Waals surface area (Å²) in [4.78, 5) is 24.0. The molecule has 2 aromatic carbocycles. The number of aryl methyl sites for hydroxylation is 2. The zero-order valence-corrected chi connectivity index (χ0v) is 14.9. The Morgan fingerprint density at radius 1 is 1.15 bits per heavy atom. The van der Waals surface area contributed by atoms with Crippen LogP contribution in [0.2, 0.25) is 0 Å². The third-order valence-electron chi connectivity index (χ3n) is 3.77. The van der Waals surface area contributed by atoms with Crippen LogP contribution in [0.1, 0.15) is 23.6 Å². The van der Waals surface area contributed by atoms with Crippen molar-refractivity contribution in [1.82, 2.24) is 0 Å². The third kappa shape index (κ3) is 5.35. The Balaban J connectivity index is 1.84. The van der Waals surface area contributed by atoms with Gasteiger partial charge in [0.15, 0.2) is 12.7 Å². The molecule has 1 amide bonds. The fourth-order valence-electron chi connectivity index (χ4n) is 2.14. The molecule has 6 nitrogen and oxygen atoms in total. The molecule has 0 unspecified atom stereocenters. The number of hydrogen-bond acceptors (Lipinski definition) is 5. The minimum atomic E-state index is -0.989. The fraction of sp³-hybridized carbons (Fsp3) is 0.250. The average molecular weight is 352 g/mol. The topological polar surface area (TPSA) is 88.4 Å². The molecular formula is C20H20N2O4. The molecule has 2 rings (SSSR count). The van der Waals surface area contributed by atoms with Gasteiger partial charge in [0.05, 0.1) is 11.6 Å². The van der Waals surface area contributed by atoms with Crippen LogP contribution in [0.5, 0.6) is 5.75 Å². The van der Waals surface area contributed by atoms with Crippen molar-refractivity contribution in [3.63, 3.8) is 0 Å². The van der Waals surface area contributed by atoms with Crippen LogP contribution in [-0.2, 0) is 14.3 Å². The highest BCUT2D eigenvalue weighted by atomic mass is 16.6. The van der Waals surface area contributed by atoms with Gasteiger partial charge in [0.2, 0.25) is 0 Å². The van der Waals surface area contributed by atoms with Crippen molar-refractivity contribution in [1.29, 1.82) is 5.26 Å². The highest BCUT2D eigenvalue weighted by Gasteiger charge is 2.18. The van der Waals surface area contributed by atoms with Crippen molar-refractivity contribution in [2.45, 2.75) is 26.9 Å². The second kappa shape index (κ2) is 8.67. The number of nitriles is 1. The second-order valence-electron chi connectivity index (χ2n) is 5.85. The summed E-state index contributed by atoms with van der Waals surface area (Å²) in [5.74, 6) is -0.563. The average Bonchev–Trinajstić information content (AvgIpc) is 2.62. The molecule has 1 N–H and O–H groups in total. The Morgan fingerprint density at radius 2 is 1.92 bits per heavy atom. The van der Waals surface area contributed by atoms with Gasteiger partial charge in [0.1, 0.15) is 5.75 Å². The number of hydrogen-bond donors (Lipinski definition) is 1. The first-order valence-corrected chi connectivity index (χ1v) is 8.09. The lowest BCUT2D eigenvalue weighted by Gasteiger charge is -2.14. The maximum atomic E-state index is 12.1. The molecule has 0 aliphatic carbocycles. The van der Waals surface area contributed by atoms with Crippen LogP contribution in [0.15, 0.2) is 42.5 Å². The molecule has 0 aliphatic rings. The highest BCUT2D eigenvalue weighted by Crippen LogP contribution is 2.16. The molecule has 0 bridgehead atoms. The summed E-state index contributed by atoms with van der Waals surface area (Å²) in [6.07, 6.45) is -0.989. The number of ether oxygens (including phenoxy) is 2. The predicted octanol–water partition coefficient (Wildman–Crippen LogP) is 3.12. The van der Waals surface area contributed by atoms with Crippen molar-refractivity contribution in [2.75, 3.05) is 11.9 Å². The molecule has 0 aliphatic heterocycles. The summed E-state index contributed by atoms with van der Waals surface area (Å²) >= 11 is 0. The SMILES string of the molecule is Cc1ccc(OCC(=O)O[C@@H](C)C(=O)Nc2cccc(C#N)c2)cc1C. The van der Waals surface area contributed by atoms with E-state index in [1.54, 1.807) is 24.3 Å². The van der Waals surface area contributed by atoms with Crippen LogP contribution in [0, 0.1) is 25.2 Å². The molecule has 26 heavy (non-hydrogen) atoms. The molecule has 6 heteroatoms. The summed E-state index contributed by atoms with van der Waals surface area (Å²) in [6.45, 7) is 5.12. The smallest absolute Gasteiger partial charge is 0.344 e. The number of esters is 1. The monoisotopic (exact) mass is 352 g/mol. The first-order valence-electron chi connectivity index (χ1n) is 8.09. The van der Waals surface area contributed by atoms with Crippen LogP contribution in [0.3, 0.4) is 0 Å². The van der Waals surface area contributed by atoms with Gasteiger partial charge in [-0.25, -0.2) is 4.79 Å². The van der Waals surface area contributed by atoms with Crippen molar-refractivity contribution >= 4 is 17.6 Å². The van der Waals surface area contributed by atoms with E-state index in [1.807, 2.05) is 32.0 Å². The summed E-state index contributed by atoms with van der Waals surface area (Å²) < 4.78 is 10.5. The van der Waals surface area contributed by atoms with E-state index < -0.39 is 18.0 Å². The predicted molar refractivity (Wildman–Crippen MR) is 96.8 cm³/mol. The highest BCUT2D eigenvalue weighted by molar-refractivity contribution is 5.95. The lowest BCUT2D eigenvalue weighted by atomic mass is 10.1. The maximum Gasteiger partial charge on any atom is 0.344 e. The number of nitrogens with one attached hydrogen (secondary N) is 1. The summed E-state index contributed by atoms with van der Waals surface area (Å²) in [6, 6.07) is 14.0. The number of benzene rings is 2. The molecule has 0 spiro atoms. The van der Waals surface area contributed by atoms with Gasteiger partial charge in [0.25, 0.3) is 5.91 Å².